The molecule has 1 aromatic heterocycles. The molecule has 0 fully saturated rings. The van der Waals surface area contributed by atoms with Gasteiger partial charge in [-0.15, -0.1) is 0 Å². The molecular weight excluding hydrogens is 212 g/mol. The van der Waals surface area contributed by atoms with E-state index in [4.69, 9.17) is 4.42 Å². The Balaban J connectivity index is 2.10. The van der Waals surface area contributed by atoms with Gasteiger partial charge in [-0.2, -0.15) is 0 Å². The van der Waals surface area contributed by atoms with Gasteiger partial charge in [-0.25, -0.2) is 0 Å². The third-order valence-electron chi connectivity index (χ3n) is 2.81. The van der Waals surface area contributed by atoms with Gasteiger partial charge in [0.1, 0.15) is 11.5 Å². The zero-order chi connectivity index (χ0) is 12.3. The quantitative estimate of drug-likeness (QED) is 0.871. The van der Waals surface area contributed by atoms with E-state index in [0.717, 1.165) is 29.9 Å². The van der Waals surface area contributed by atoms with Crippen LogP contribution in [0.4, 0.5) is 0 Å². The summed E-state index contributed by atoms with van der Waals surface area (Å²) in [6, 6.07) is 12.2. The summed E-state index contributed by atoms with van der Waals surface area (Å²) >= 11 is 0. The minimum atomic E-state index is -0.275. The molecule has 17 heavy (non-hydrogen) atoms. The molecule has 0 aliphatic carbocycles. The van der Waals surface area contributed by atoms with Gasteiger partial charge in [0.05, 0.1) is 6.10 Å². The summed E-state index contributed by atoms with van der Waals surface area (Å²) in [5, 5.41) is 9.23. The molecule has 2 aromatic rings. The van der Waals surface area contributed by atoms with Crippen molar-refractivity contribution >= 4 is 0 Å². The molecule has 1 aromatic carbocycles. The summed E-state index contributed by atoms with van der Waals surface area (Å²) in [7, 11) is 0. The predicted molar refractivity (Wildman–Crippen MR) is 68.9 cm³/mol. The van der Waals surface area contributed by atoms with Gasteiger partial charge >= 0.3 is 0 Å². The highest BCUT2D eigenvalue weighted by Crippen LogP contribution is 2.23. The van der Waals surface area contributed by atoms with Crippen molar-refractivity contribution in [2.45, 2.75) is 32.8 Å². The number of aliphatic hydroxyl groups is 1. The Kier molecular flexibility index (Phi) is 3.64. The molecule has 0 aliphatic rings. The maximum absolute atomic E-state index is 9.23. The van der Waals surface area contributed by atoms with Crippen LogP contribution in [0.2, 0.25) is 0 Å². The summed E-state index contributed by atoms with van der Waals surface area (Å²) in [4.78, 5) is 0. The Morgan fingerprint density at radius 2 is 1.82 bits per heavy atom. The van der Waals surface area contributed by atoms with E-state index in [2.05, 4.69) is 31.2 Å². The number of aryl methyl sites for hydroxylation is 2. The second kappa shape index (κ2) is 5.19. The molecule has 1 N–H and O–H groups in total. The lowest BCUT2D eigenvalue weighted by Gasteiger charge is -2.01. The lowest BCUT2D eigenvalue weighted by atomic mass is 10.1. The smallest absolute Gasteiger partial charge is 0.134 e. The van der Waals surface area contributed by atoms with Crippen LogP contribution >= 0.6 is 0 Å². The van der Waals surface area contributed by atoms with Gasteiger partial charge in [-0.1, -0.05) is 29.8 Å². The average Bonchev–Trinajstić information content (AvgIpc) is 2.76. The van der Waals surface area contributed by atoms with E-state index < -0.39 is 0 Å². The molecule has 0 aliphatic heterocycles. The Bertz CT molecular complexity index is 466. The average molecular weight is 230 g/mol. The summed E-state index contributed by atoms with van der Waals surface area (Å²) in [5.74, 6) is 1.83. The van der Waals surface area contributed by atoms with Crippen molar-refractivity contribution in [3.63, 3.8) is 0 Å². The fourth-order valence-corrected chi connectivity index (χ4v) is 1.74. The van der Waals surface area contributed by atoms with Crippen LogP contribution in [-0.2, 0) is 6.42 Å². The Hall–Kier alpha value is -1.54. The van der Waals surface area contributed by atoms with Crippen molar-refractivity contribution in [2.75, 3.05) is 0 Å². The van der Waals surface area contributed by atoms with Gasteiger partial charge in [0.15, 0.2) is 0 Å². The van der Waals surface area contributed by atoms with Gasteiger partial charge in [0, 0.05) is 12.0 Å². The van der Waals surface area contributed by atoms with Crippen molar-refractivity contribution in [1.82, 2.24) is 0 Å². The zero-order valence-electron chi connectivity index (χ0n) is 10.3. The van der Waals surface area contributed by atoms with Crippen molar-refractivity contribution in [2.24, 2.45) is 0 Å². The third kappa shape index (κ3) is 3.21. The number of rotatable bonds is 4. The fourth-order valence-electron chi connectivity index (χ4n) is 1.74. The third-order valence-corrected chi connectivity index (χ3v) is 2.81. The van der Waals surface area contributed by atoms with Crippen LogP contribution in [0.3, 0.4) is 0 Å². The first-order valence-electron chi connectivity index (χ1n) is 5.99. The molecule has 0 radical (unpaired) electrons. The Morgan fingerprint density at radius 3 is 2.47 bits per heavy atom. The maximum atomic E-state index is 9.23. The number of benzene rings is 1. The van der Waals surface area contributed by atoms with Crippen LogP contribution in [0.15, 0.2) is 40.8 Å². The molecule has 2 nitrogen and oxygen atoms in total. The van der Waals surface area contributed by atoms with E-state index in [9.17, 15) is 5.11 Å². The zero-order valence-corrected chi connectivity index (χ0v) is 10.3. The normalized spacial score (nSPS) is 12.6. The molecule has 1 heterocycles. The van der Waals surface area contributed by atoms with E-state index in [0.29, 0.717) is 0 Å². The van der Waals surface area contributed by atoms with Gasteiger partial charge in [-0.3, -0.25) is 0 Å². The van der Waals surface area contributed by atoms with Crippen LogP contribution in [0.5, 0.6) is 0 Å². The summed E-state index contributed by atoms with van der Waals surface area (Å²) < 4.78 is 5.75. The lowest BCUT2D eigenvalue weighted by Crippen LogP contribution is -2.00. The summed E-state index contributed by atoms with van der Waals surface area (Å²) in [6.45, 7) is 3.86. The number of hydrogen-bond acceptors (Lipinski definition) is 2. The van der Waals surface area contributed by atoms with Crippen molar-refractivity contribution in [3.05, 3.63) is 47.7 Å². The Morgan fingerprint density at radius 1 is 1.12 bits per heavy atom. The maximum Gasteiger partial charge on any atom is 0.134 e. The molecule has 0 amide bonds. The number of furan rings is 1. The van der Waals surface area contributed by atoms with Gasteiger partial charge < -0.3 is 9.52 Å². The highest BCUT2D eigenvalue weighted by Gasteiger charge is 2.05. The van der Waals surface area contributed by atoms with E-state index >= 15 is 0 Å². The fraction of sp³-hybridized carbons (Fsp3) is 0.333. The van der Waals surface area contributed by atoms with E-state index in [1.54, 1.807) is 6.92 Å². The number of hydrogen-bond donors (Lipinski definition) is 1. The lowest BCUT2D eigenvalue weighted by molar-refractivity contribution is 0.182. The Labute approximate surface area is 102 Å². The molecule has 0 saturated carbocycles. The SMILES string of the molecule is Cc1ccc(-c2ccc(CCC(C)O)o2)cc1. The highest BCUT2D eigenvalue weighted by atomic mass is 16.3. The summed E-state index contributed by atoms with van der Waals surface area (Å²) in [5.41, 5.74) is 2.34. The highest BCUT2D eigenvalue weighted by molar-refractivity contribution is 5.57. The topological polar surface area (TPSA) is 33.4 Å². The van der Waals surface area contributed by atoms with E-state index in [1.807, 2.05) is 12.1 Å². The molecule has 0 saturated heterocycles. The second-order valence-electron chi connectivity index (χ2n) is 4.52. The first-order chi connectivity index (χ1) is 8.15. The van der Waals surface area contributed by atoms with Crippen molar-refractivity contribution in [3.8, 4) is 11.3 Å². The van der Waals surface area contributed by atoms with Gasteiger partial charge in [0.2, 0.25) is 0 Å². The molecule has 0 bridgehead atoms. The molecule has 0 spiro atoms. The molecule has 2 heteroatoms. The first kappa shape index (κ1) is 11.9. The minimum absolute atomic E-state index is 0.275. The van der Waals surface area contributed by atoms with E-state index in [-0.39, 0.29) is 6.10 Å². The largest absolute Gasteiger partial charge is 0.461 e. The first-order valence-corrected chi connectivity index (χ1v) is 5.99. The van der Waals surface area contributed by atoms with Crippen LogP contribution in [-0.4, -0.2) is 11.2 Å². The molecule has 90 valence electrons. The van der Waals surface area contributed by atoms with Crippen LogP contribution in [0.25, 0.3) is 11.3 Å². The van der Waals surface area contributed by atoms with Crippen LogP contribution in [0.1, 0.15) is 24.7 Å². The van der Waals surface area contributed by atoms with Gasteiger partial charge in [0.25, 0.3) is 0 Å². The van der Waals surface area contributed by atoms with Gasteiger partial charge in [-0.05, 0) is 32.4 Å². The van der Waals surface area contributed by atoms with Crippen molar-refractivity contribution in [1.29, 1.82) is 0 Å². The van der Waals surface area contributed by atoms with E-state index in [1.165, 1.54) is 5.56 Å². The number of aliphatic hydroxyl groups excluding tert-OH is 1. The van der Waals surface area contributed by atoms with Crippen LogP contribution < -0.4 is 0 Å². The standard InChI is InChI=1S/C15H18O2/c1-11-3-6-13(7-4-11)15-10-9-14(17-15)8-5-12(2)16/h3-4,6-7,9-10,12,16H,5,8H2,1-2H3. The molecule has 2 rings (SSSR count). The minimum Gasteiger partial charge on any atom is -0.461 e. The summed E-state index contributed by atoms with van der Waals surface area (Å²) in [6.07, 6.45) is 1.24. The second-order valence-corrected chi connectivity index (χ2v) is 4.52. The predicted octanol–water partition coefficient (Wildman–Crippen LogP) is 3.57. The molecular formula is C15H18O2. The molecule has 1 atom stereocenters. The monoisotopic (exact) mass is 230 g/mol. The molecule has 1 unspecified atom stereocenters. The van der Waals surface area contributed by atoms with Crippen molar-refractivity contribution < 1.29 is 9.52 Å². The van der Waals surface area contributed by atoms with Crippen LogP contribution in [0, 0.1) is 6.92 Å².